The van der Waals surface area contributed by atoms with Crippen LogP contribution in [0.25, 0.3) is 0 Å². The second-order valence-electron chi connectivity index (χ2n) is 5.27. The van der Waals surface area contributed by atoms with Gasteiger partial charge in [-0.15, -0.1) is 0 Å². The fourth-order valence-electron chi connectivity index (χ4n) is 2.64. The lowest BCUT2D eigenvalue weighted by molar-refractivity contribution is 0.549. The first kappa shape index (κ1) is 17.2. The summed E-state index contributed by atoms with van der Waals surface area (Å²) in [5.41, 5.74) is 0. The SMILES string of the molecule is O=S1(=O)CCCS(=O)(=O)C1CC1S(=O)(=O)CCCS1(=O)=O. The van der Waals surface area contributed by atoms with Gasteiger partial charge >= 0.3 is 0 Å². The van der Waals surface area contributed by atoms with E-state index in [1.54, 1.807) is 0 Å². The quantitative estimate of drug-likeness (QED) is 0.564. The van der Waals surface area contributed by atoms with E-state index in [1.165, 1.54) is 0 Å². The second-order valence-corrected chi connectivity index (χ2v) is 15.1. The lowest BCUT2D eigenvalue weighted by Gasteiger charge is -2.28. The van der Waals surface area contributed by atoms with Crippen LogP contribution in [0.4, 0.5) is 0 Å². The summed E-state index contributed by atoms with van der Waals surface area (Å²) >= 11 is 0. The molecule has 21 heavy (non-hydrogen) atoms. The topological polar surface area (TPSA) is 137 Å². The molecule has 2 fully saturated rings. The first-order valence-corrected chi connectivity index (χ1v) is 13.1. The van der Waals surface area contributed by atoms with E-state index in [-0.39, 0.29) is 35.9 Å². The maximum atomic E-state index is 11.9. The van der Waals surface area contributed by atoms with Crippen LogP contribution in [0.2, 0.25) is 0 Å². The Hall–Kier alpha value is -0.200. The number of hydrogen-bond acceptors (Lipinski definition) is 8. The van der Waals surface area contributed by atoms with E-state index in [4.69, 9.17) is 0 Å². The Balaban J connectivity index is 2.47. The molecule has 0 bridgehead atoms. The minimum Gasteiger partial charge on any atom is -0.227 e. The average Bonchev–Trinajstić information content (AvgIpc) is 2.23. The highest BCUT2D eigenvalue weighted by molar-refractivity contribution is 8.11. The Bertz CT molecular complexity index is 691. The first-order valence-electron chi connectivity index (χ1n) is 6.25. The zero-order valence-electron chi connectivity index (χ0n) is 11.0. The molecule has 2 aliphatic heterocycles. The van der Waals surface area contributed by atoms with Crippen LogP contribution in [0.1, 0.15) is 19.3 Å². The predicted octanol–water partition coefficient (Wildman–Crippen LogP) is -1.50. The van der Waals surface area contributed by atoms with Crippen molar-refractivity contribution in [1.82, 2.24) is 0 Å². The highest BCUT2D eigenvalue weighted by Crippen LogP contribution is 2.31. The van der Waals surface area contributed by atoms with E-state index >= 15 is 0 Å². The Labute approximate surface area is 124 Å². The zero-order valence-corrected chi connectivity index (χ0v) is 14.3. The van der Waals surface area contributed by atoms with Gasteiger partial charge in [0.15, 0.2) is 48.5 Å². The summed E-state index contributed by atoms with van der Waals surface area (Å²) in [6, 6.07) is 0. The van der Waals surface area contributed by atoms with Crippen LogP contribution in [0.15, 0.2) is 0 Å². The van der Waals surface area contributed by atoms with E-state index < -0.39 is 54.9 Å². The number of rotatable bonds is 2. The summed E-state index contributed by atoms with van der Waals surface area (Å²) in [7, 11) is -16.2. The van der Waals surface area contributed by atoms with Gasteiger partial charge in [-0.1, -0.05) is 0 Å². The molecule has 2 saturated heterocycles. The summed E-state index contributed by atoms with van der Waals surface area (Å²) in [5, 5.41) is 0. The lowest BCUT2D eigenvalue weighted by atomic mass is 10.5. The Morgan fingerprint density at radius 3 is 1.00 bits per heavy atom. The molecule has 0 aromatic heterocycles. The van der Waals surface area contributed by atoms with Crippen molar-refractivity contribution in [3.8, 4) is 0 Å². The monoisotopic (exact) mass is 380 g/mol. The first-order chi connectivity index (χ1) is 9.39. The highest BCUT2D eigenvalue weighted by atomic mass is 32.3. The van der Waals surface area contributed by atoms with E-state index in [0.29, 0.717) is 0 Å². The highest BCUT2D eigenvalue weighted by Gasteiger charge is 2.49. The maximum Gasteiger partial charge on any atom is 0.167 e. The minimum absolute atomic E-state index is 0.0503. The van der Waals surface area contributed by atoms with E-state index in [2.05, 4.69) is 0 Å². The van der Waals surface area contributed by atoms with Gasteiger partial charge in [-0.25, -0.2) is 33.7 Å². The second kappa shape index (κ2) is 5.17. The van der Waals surface area contributed by atoms with Gasteiger partial charge < -0.3 is 0 Å². The Morgan fingerprint density at radius 2 is 0.762 bits per heavy atom. The van der Waals surface area contributed by atoms with E-state index in [0.717, 1.165) is 0 Å². The predicted molar refractivity (Wildman–Crippen MR) is 76.6 cm³/mol. The Kier molecular flexibility index (Phi) is 4.22. The number of hydrogen-bond donors (Lipinski definition) is 0. The summed E-state index contributed by atoms with van der Waals surface area (Å²) in [6.07, 6.45) is -1.01. The molecule has 0 N–H and O–H groups in total. The van der Waals surface area contributed by atoms with Crippen LogP contribution in [0, 0.1) is 0 Å². The van der Waals surface area contributed by atoms with Gasteiger partial charge in [0.2, 0.25) is 0 Å². The van der Waals surface area contributed by atoms with Gasteiger partial charge in [-0.3, -0.25) is 0 Å². The molecule has 2 heterocycles. The summed E-state index contributed by atoms with van der Waals surface area (Å²) in [5.74, 6) is -1.49. The molecule has 0 aromatic rings. The van der Waals surface area contributed by atoms with Crippen molar-refractivity contribution < 1.29 is 33.7 Å². The van der Waals surface area contributed by atoms with Crippen LogP contribution >= 0.6 is 0 Å². The van der Waals surface area contributed by atoms with Crippen molar-refractivity contribution >= 4 is 39.3 Å². The fourth-order valence-corrected chi connectivity index (χ4v) is 13.4. The minimum atomic E-state index is -4.05. The van der Waals surface area contributed by atoms with Crippen molar-refractivity contribution in [2.24, 2.45) is 0 Å². The van der Waals surface area contributed by atoms with Crippen molar-refractivity contribution in [3.05, 3.63) is 0 Å². The van der Waals surface area contributed by atoms with Gasteiger partial charge in [-0.05, 0) is 12.8 Å². The third-order valence-electron chi connectivity index (χ3n) is 3.70. The molecule has 2 aliphatic rings. The van der Waals surface area contributed by atoms with E-state index in [9.17, 15) is 33.7 Å². The average molecular weight is 380 g/mol. The molecule has 0 amide bonds. The van der Waals surface area contributed by atoms with Crippen LogP contribution in [0.3, 0.4) is 0 Å². The third kappa shape index (κ3) is 3.27. The maximum absolute atomic E-state index is 11.9. The van der Waals surface area contributed by atoms with Crippen LogP contribution < -0.4 is 0 Å². The van der Waals surface area contributed by atoms with Gasteiger partial charge in [0.25, 0.3) is 0 Å². The molecule has 8 nitrogen and oxygen atoms in total. The van der Waals surface area contributed by atoms with Crippen molar-refractivity contribution in [2.75, 3.05) is 23.0 Å². The van der Waals surface area contributed by atoms with Gasteiger partial charge in [0.1, 0.15) is 0 Å². The van der Waals surface area contributed by atoms with Crippen molar-refractivity contribution in [1.29, 1.82) is 0 Å². The summed E-state index contributed by atoms with van der Waals surface area (Å²) in [4.78, 5) is 0. The molecule has 0 unspecified atom stereocenters. The third-order valence-corrected chi connectivity index (χ3v) is 14.6. The van der Waals surface area contributed by atoms with Crippen LogP contribution in [0.5, 0.6) is 0 Å². The molecule has 124 valence electrons. The molecule has 0 atom stereocenters. The molecule has 0 aliphatic carbocycles. The number of sulfone groups is 4. The smallest absolute Gasteiger partial charge is 0.167 e. The largest absolute Gasteiger partial charge is 0.227 e. The molecule has 0 aromatic carbocycles. The van der Waals surface area contributed by atoms with Gasteiger partial charge in [-0.2, -0.15) is 0 Å². The molecule has 12 heteroatoms. The van der Waals surface area contributed by atoms with E-state index in [1.807, 2.05) is 0 Å². The molecule has 2 rings (SSSR count). The van der Waals surface area contributed by atoms with Gasteiger partial charge in [0.05, 0.1) is 23.0 Å². The van der Waals surface area contributed by atoms with Gasteiger partial charge in [0, 0.05) is 6.42 Å². The summed E-state index contributed by atoms with van der Waals surface area (Å²) < 4.78 is 91.5. The normalized spacial score (nSPS) is 31.6. The molecular weight excluding hydrogens is 364 g/mol. The molecular formula is C9H16O8S4. The molecule has 0 spiro atoms. The molecule has 0 saturated carbocycles. The molecule has 0 radical (unpaired) electrons. The fraction of sp³-hybridized carbons (Fsp3) is 1.00. The van der Waals surface area contributed by atoms with Crippen molar-refractivity contribution in [2.45, 2.75) is 28.4 Å². The zero-order chi connectivity index (χ0) is 16.1. The van der Waals surface area contributed by atoms with Crippen LogP contribution in [-0.4, -0.2) is 65.8 Å². The van der Waals surface area contributed by atoms with Crippen molar-refractivity contribution in [3.63, 3.8) is 0 Å². The Morgan fingerprint density at radius 1 is 0.524 bits per heavy atom. The standard InChI is InChI=1S/C9H16O8S4/c10-18(11)3-1-4-19(12,13)8(18)7-9-20(14,15)5-2-6-21(9,16)17/h8-9H,1-7H2. The van der Waals surface area contributed by atoms with Crippen LogP contribution in [-0.2, 0) is 39.3 Å². The summed E-state index contributed by atoms with van der Waals surface area (Å²) in [6.45, 7) is 0. The lowest BCUT2D eigenvalue weighted by Crippen LogP contribution is -2.47.